The largest absolute Gasteiger partial charge is 0.494 e. The number of nitrogens with one attached hydrogen (secondary N) is 2. The van der Waals surface area contributed by atoms with Gasteiger partial charge in [0.15, 0.2) is 5.82 Å². The van der Waals surface area contributed by atoms with Gasteiger partial charge in [-0.1, -0.05) is 18.2 Å². The molecule has 5 rings (SSSR count). The van der Waals surface area contributed by atoms with Crippen molar-refractivity contribution < 1.29 is 23.8 Å². The molecular formula is C26H25F2N5O3. The maximum absolute atomic E-state index is 14.4. The molecule has 0 spiro atoms. The molecule has 4 aromatic rings. The van der Waals surface area contributed by atoms with Crippen LogP contribution in [0.4, 0.5) is 20.3 Å². The van der Waals surface area contributed by atoms with Crippen LogP contribution in [0, 0.1) is 11.6 Å². The van der Waals surface area contributed by atoms with Gasteiger partial charge in [-0.25, -0.2) is 18.7 Å². The van der Waals surface area contributed by atoms with Gasteiger partial charge in [0.1, 0.15) is 22.8 Å². The molecule has 0 aliphatic carbocycles. The minimum atomic E-state index is -0.800. The first-order valence-electron chi connectivity index (χ1n) is 11.7. The number of fused-ring (bicyclic) bond motifs is 1. The maximum Gasteiger partial charge on any atom is 0.227 e. The SMILES string of the molecule is O=C(Cc1ccc(Nc2nc(-c3c(F)cccc3F)nc3c[nH]c(O)c23)cc1)N1CCCCC1CO. The second kappa shape index (κ2) is 9.90. The van der Waals surface area contributed by atoms with Crippen molar-refractivity contribution in [2.24, 2.45) is 0 Å². The van der Waals surface area contributed by atoms with E-state index >= 15 is 0 Å². The molecule has 2 aromatic carbocycles. The molecular weight excluding hydrogens is 468 g/mol. The normalized spacial score (nSPS) is 15.9. The van der Waals surface area contributed by atoms with Crippen molar-refractivity contribution in [3.05, 3.63) is 65.9 Å². The molecule has 1 aliphatic heterocycles. The summed E-state index contributed by atoms with van der Waals surface area (Å²) < 4.78 is 28.8. The van der Waals surface area contributed by atoms with Crippen LogP contribution >= 0.6 is 0 Å². The van der Waals surface area contributed by atoms with E-state index in [2.05, 4.69) is 20.3 Å². The molecule has 1 saturated heterocycles. The van der Waals surface area contributed by atoms with E-state index in [4.69, 9.17) is 0 Å². The minimum absolute atomic E-state index is 0.0271. The monoisotopic (exact) mass is 493 g/mol. The fraction of sp³-hybridized carbons (Fsp3) is 0.269. The van der Waals surface area contributed by atoms with Crippen LogP contribution in [0.1, 0.15) is 24.8 Å². The molecule has 1 atom stereocenters. The number of piperidine rings is 1. The van der Waals surface area contributed by atoms with Crippen molar-refractivity contribution in [2.75, 3.05) is 18.5 Å². The highest BCUT2D eigenvalue weighted by atomic mass is 19.1. The molecule has 1 amide bonds. The van der Waals surface area contributed by atoms with Gasteiger partial charge in [-0.15, -0.1) is 0 Å². The summed E-state index contributed by atoms with van der Waals surface area (Å²) in [4.78, 5) is 25.7. The van der Waals surface area contributed by atoms with E-state index in [1.54, 1.807) is 29.2 Å². The van der Waals surface area contributed by atoms with Gasteiger partial charge in [0.2, 0.25) is 11.8 Å². The molecule has 3 heterocycles. The number of aromatic amines is 1. The Balaban J connectivity index is 1.40. The topological polar surface area (TPSA) is 114 Å². The predicted molar refractivity (Wildman–Crippen MR) is 131 cm³/mol. The van der Waals surface area contributed by atoms with Crippen LogP contribution in [0.15, 0.2) is 48.7 Å². The first kappa shape index (κ1) is 23.7. The number of likely N-dealkylation sites (tertiary alicyclic amines) is 1. The molecule has 1 fully saturated rings. The molecule has 4 N–H and O–H groups in total. The third-order valence-electron chi connectivity index (χ3n) is 6.44. The van der Waals surface area contributed by atoms with E-state index in [1.165, 1.54) is 12.3 Å². The molecule has 186 valence electrons. The summed E-state index contributed by atoms with van der Waals surface area (Å²) in [6.07, 6.45) is 4.39. The fourth-order valence-electron chi connectivity index (χ4n) is 4.58. The van der Waals surface area contributed by atoms with Crippen LogP contribution in [0.25, 0.3) is 22.3 Å². The number of benzene rings is 2. The number of amides is 1. The number of carbonyl (C=O) groups is 1. The van der Waals surface area contributed by atoms with Gasteiger partial charge in [-0.05, 0) is 49.1 Å². The lowest BCUT2D eigenvalue weighted by Crippen LogP contribution is -2.46. The van der Waals surface area contributed by atoms with Crippen molar-refractivity contribution in [1.82, 2.24) is 19.9 Å². The van der Waals surface area contributed by atoms with Crippen molar-refractivity contribution in [2.45, 2.75) is 31.7 Å². The summed E-state index contributed by atoms with van der Waals surface area (Å²) in [6.45, 7) is 0.616. The summed E-state index contributed by atoms with van der Waals surface area (Å²) >= 11 is 0. The molecule has 2 aromatic heterocycles. The number of aromatic nitrogens is 3. The molecule has 0 saturated carbocycles. The van der Waals surface area contributed by atoms with E-state index < -0.39 is 11.6 Å². The lowest BCUT2D eigenvalue weighted by molar-refractivity contribution is -0.135. The average molecular weight is 494 g/mol. The summed E-state index contributed by atoms with van der Waals surface area (Å²) in [6, 6.07) is 10.5. The van der Waals surface area contributed by atoms with E-state index in [-0.39, 0.29) is 59.0 Å². The molecule has 36 heavy (non-hydrogen) atoms. The molecule has 8 nitrogen and oxygen atoms in total. The van der Waals surface area contributed by atoms with Crippen molar-refractivity contribution in [3.63, 3.8) is 0 Å². The van der Waals surface area contributed by atoms with Crippen molar-refractivity contribution in [3.8, 4) is 17.3 Å². The fourth-order valence-corrected chi connectivity index (χ4v) is 4.58. The summed E-state index contributed by atoms with van der Waals surface area (Å²) in [5.74, 6) is -1.81. The zero-order valence-electron chi connectivity index (χ0n) is 19.3. The number of hydrogen-bond donors (Lipinski definition) is 4. The van der Waals surface area contributed by atoms with Crippen molar-refractivity contribution >= 4 is 28.3 Å². The molecule has 1 aliphatic rings. The highest BCUT2D eigenvalue weighted by Gasteiger charge is 2.26. The first-order chi connectivity index (χ1) is 17.4. The predicted octanol–water partition coefficient (Wildman–Crippen LogP) is 4.27. The van der Waals surface area contributed by atoms with E-state index in [0.29, 0.717) is 12.2 Å². The Morgan fingerprint density at radius 2 is 1.86 bits per heavy atom. The van der Waals surface area contributed by atoms with Gasteiger partial charge in [0.25, 0.3) is 0 Å². The molecule has 10 heteroatoms. The van der Waals surface area contributed by atoms with Gasteiger partial charge in [0.05, 0.1) is 30.1 Å². The van der Waals surface area contributed by atoms with E-state index in [9.17, 15) is 23.8 Å². The second-order valence-corrected chi connectivity index (χ2v) is 8.81. The number of nitrogens with zero attached hydrogens (tertiary/aromatic N) is 3. The number of carbonyl (C=O) groups excluding carboxylic acids is 1. The third kappa shape index (κ3) is 4.59. The standard InChI is InChI=1S/C26H25F2N5O3/c27-18-5-3-6-19(28)22(18)24-31-20-13-29-26(36)23(20)25(32-24)30-16-9-7-15(8-10-16)12-21(35)33-11-2-1-4-17(33)14-34/h3,5-10,13,17,29,34,36H,1-2,4,11-12,14H2,(H,30,31,32). The van der Waals surface area contributed by atoms with Gasteiger partial charge >= 0.3 is 0 Å². The zero-order chi connectivity index (χ0) is 25.2. The number of hydrogen-bond acceptors (Lipinski definition) is 6. The Bertz CT molecular complexity index is 1390. The summed E-state index contributed by atoms with van der Waals surface area (Å²) in [7, 11) is 0. The number of anilines is 2. The average Bonchev–Trinajstić information content (AvgIpc) is 3.26. The van der Waals surface area contributed by atoms with Gasteiger partial charge in [0, 0.05) is 18.4 Å². The Morgan fingerprint density at radius 1 is 1.11 bits per heavy atom. The quantitative estimate of drug-likeness (QED) is 0.319. The molecule has 0 bridgehead atoms. The minimum Gasteiger partial charge on any atom is -0.494 e. The number of aliphatic hydroxyl groups excluding tert-OH is 1. The van der Waals surface area contributed by atoms with Crippen LogP contribution in [-0.4, -0.2) is 55.2 Å². The molecule has 0 radical (unpaired) electrons. The Hall–Kier alpha value is -4.05. The zero-order valence-corrected chi connectivity index (χ0v) is 19.3. The van der Waals surface area contributed by atoms with Crippen LogP contribution in [0.5, 0.6) is 5.88 Å². The number of aromatic hydroxyl groups is 1. The maximum atomic E-state index is 14.4. The van der Waals surface area contributed by atoms with E-state index in [0.717, 1.165) is 37.0 Å². The van der Waals surface area contributed by atoms with Gasteiger partial charge in [-0.3, -0.25) is 4.79 Å². The number of rotatable bonds is 6. The summed E-state index contributed by atoms with van der Waals surface area (Å²) in [5, 5.41) is 23.2. The van der Waals surface area contributed by atoms with Crippen molar-refractivity contribution in [1.29, 1.82) is 0 Å². The lowest BCUT2D eigenvalue weighted by Gasteiger charge is -2.34. The number of H-pyrrole nitrogens is 1. The van der Waals surface area contributed by atoms with Gasteiger partial charge in [-0.2, -0.15) is 0 Å². The van der Waals surface area contributed by atoms with Crippen LogP contribution < -0.4 is 5.32 Å². The Morgan fingerprint density at radius 3 is 2.58 bits per heavy atom. The molecule has 1 unspecified atom stereocenters. The van der Waals surface area contributed by atoms with E-state index in [1.807, 2.05) is 0 Å². The van der Waals surface area contributed by atoms with Crippen LogP contribution in [-0.2, 0) is 11.2 Å². The first-order valence-corrected chi connectivity index (χ1v) is 11.7. The Kier molecular flexibility index (Phi) is 6.51. The lowest BCUT2D eigenvalue weighted by atomic mass is 10.0. The van der Waals surface area contributed by atoms with Crippen LogP contribution in [0.3, 0.4) is 0 Å². The van der Waals surface area contributed by atoms with Gasteiger partial charge < -0.3 is 25.4 Å². The third-order valence-corrected chi connectivity index (χ3v) is 6.44. The number of aliphatic hydroxyl groups is 1. The number of halogens is 2. The van der Waals surface area contributed by atoms with Crippen LogP contribution in [0.2, 0.25) is 0 Å². The second-order valence-electron chi connectivity index (χ2n) is 8.81. The highest BCUT2D eigenvalue weighted by molar-refractivity contribution is 5.96. The summed E-state index contributed by atoms with van der Waals surface area (Å²) in [5.41, 5.74) is 1.32. The Labute approximate surface area is 205 Å². The smallest absolute Gasteiger partial charge is 0.227 e. The highest BCUT2D eigenvalue weighted by Crippen LogP contribution is 2.34.